The van der Waals surface area contributed by atoms with Crippen LogP contribution < -0.4 is 0 Å². The fraction of sp³-hybridized carbons (Fsp3) is 0.222. The number of hydrogen-bond acceptors (Lipinski definition) is 4. The summed E-state index contributed by atoms with van der Waals surface area (Å²) in [6.07, 6.45) is 0.137. The maximum Gasteiger partial charge on any atom is 0.201 e. The van der Waals surface area contributed by atoms with Crippen molar-refractivity contribution in [3.05, 3.63) is 63.2 Å². The Hall–Kier alpha value is -2.74. The minimum absolute atomic E-state index is 0.137. The molecule has 0 saturated heterocycles. The van der Waals surface area contributed by atoms with Crippen LogP contribution in [-0.4, -0.2) is 29.9 Å². The van der Waals surface area contributed by atoms with Gasteiger partial charge in [0.05, 0.1) is 23.3 Å². The van der Waals surface area contributed by atoms with Crippen molar-refractivity contribution in [3.8, 4) is 5.75 Å². The molecule has 1 N–H and O–H groups in total. The Balaban J connectivity index is 2.28. The minimum atomic E-state index is -2.20. The van der Waals surface area contributed by atoms with Gasteiger partial charge in [0.2, 0.25) is 5.78 Å². The minimum Gasteiger partial charge on any atom is -0.507 e. The molecule has 0 unspecified atom stereocenters. The van der Waals surface area contributed by atoms with E-state index in [1.807, 2.05) is 0 Å². The summed E-state index contributed by atoms with van der Waals surface area (Å²) in [5, 5.41) is 9.96. The van der Waals surface area contributed by atoms with E-state index in [-0.39, 0.29) is 24.2 Å². The van der Waals surface area contributed by atoms with Crippen molar-refractivity contribution in [2.24, 2.45) is 0 Å². The summed E-state index contributed by atoms with van der Waals surface area (Å²) in [6.45, 7) is 2.30. The molecule has 0 aliphatic heterocycles. The molecule has 2 aromatic carbocycles. The highest BCUT2D eigenvalue weighted by Gasteiger charge is 2.41. The summed E-state index contributed by atoms with van der Waals surface area (Å²) < 4.78 is 60.4. The molecule has 0 saturated carbocycles. The Morgan fingerprint density at radius 1 is 0.846 bits per heavy atom. The van der Waals surface area contributed by atoms with Gasteiger partial charge in [-0.3, -0.25) is 9.59 Å². The number of aromatic hydroxyl groups is 1. The van der Waals surface area contributed by atoms with Crippen LogP contribution in [0.3, 0.4) is 0 Å². The van der Waals surface area contributed by atoms with E-state index in [0.717, 1.165) is 6.07 Å². The number of fused-ring (bicyclic) bond motifs is 2. The first-order valence-corrected chi connectivity index (χ1v) is 7.69. The fourth-order valence-electron chi connectivity index (χ4n) is 2.97. The summed E-state index contributed by atoms with van der Waals surface area (Å²) in [5.41, 5.74) is -3.11. The summed E-state index contributed by atoms with van der Waals surface area (Å²) in [5.74, 6) is -11.4. The maximum atomic E-state index is 14.1. The summed E-state index contributed by atoms with van der Waals surface area (Å²) in [4.78, 5) is 25.2. The Morgan fingerprint density at radius 3 is 1.92 bits per heavy atom. The zero-order chi connectivity index (χ0) is 19.2. The predicted molar refractivity (Wildman–Crippen MR) is 81.4 cm³/mol. The van der Waals surface area contributed by atoms with Gasteiger partial charge in [-0.05, 0) is 25.0 Å². The van der Waals surface area contributed by atoms with E-state index in [2.05, 4.69) is 0 Å². The summed E-state index contributed by atoms with van der Waals surface area (Å²) >= 11 is 0. The van der Waals surface area contributed by atoms with Gasteiger partial charge < -0.3 is 9.84 Å². The van der Waals surface area contributed by atoms with Gasteiger partial charge in [-0.2, -0.15) is 0 Å². The van der Waals surface area contributed by atoms with Crippen molar-refractivity contribution in [3.63, 3.8) is 0 Å². The largest absolute Gasteiger partial charge is 0.507 e. The lowest BCUT2D eigenvalue weighted by atomic mass is 9.80. The summed E-state index contributed by atoms with van der Waals surface area (Å²) in [7, 11) is 0. The zero-order valence-electron chi connectivity index (χ0n) is 13.5. The number of phenolic OH excluding ortho intramolecular Hbond substituents is 1. The average Bonchev–Trinajstić information content (AvgIpc) is 2.62. The van der Waals surface area contributed by atoms with E-state index in [0.29, 0.717) is 6.61 Å². The van der Waals surface area contributed by atoms with E-state index >= 15 is 0 Å². The van der Waals surface area contributed by atoms with Crippen molar-refractivity contribution < 1.29 is 37.0 Å². The van der Waals surface area contributed by atoms with Gasteiger partial charge in [0.1, 0.15) is 5.75 Å². The Morgan fingerprint density at radius 2 is 1.38 bits per heavy atom. The van der Waals surface area contributed by atoms with Gasteiger partial charge in [-0.1, -0.05) is 6.07 Å². The van der Waals surface area contributed by atoms with Crippen LogP contribution >= 0.6 is 0 Å². The van der Waals surface area contributed by atoms with Crippen LogP contribution in [0.2, 0.25) is 0 Å². The number of hydrogen-bond donors (Lipinski definition) is 1. The second-order valence-corrected chi connectivity index (χ2v) is 5.60. The van der Waals surface area contributed by atoms with Crippen LogP contribution in [0.15, 0.2) is 12.1 Å². The quantitative estimate of drug-likeness (QED) is 0.332. The van der Waals surface area contributed by atoms with E-state index < -0.39 is 57.3 Å². The topological polar surface area (TPSA) is 63.6 Å². The van der Waals surface area contributed by atoms with Crippen molar-refractivity contribution in [1.29, 1.82) is 0 Å². The molecule has 0 heterocycles. The number of ketones is 2. The van der Waals surface area contributed by atoms with Gasteiger partial charge in [0, 0.05) is 12.2 Å². The highest BCUT2D eigenvalue weighted by atomic mass is 19.2. The normalized spacial score (nSPS) is 13.0. The summed E-state index contributed by atoms with van der Waals surface area (Å²) in [6, 6.07) is 2.45. The molecule has 8 heteroatoms. The Labute approximate surface area is 145 Å². The lowest BCUT2D eigenvalue weighted by Crippen LogP contribution is -2.27. The van der Waals surface area contributed by atoms with Crippen molar-refractivity contribution >= 4 is 11.6 Å². The number of phenols is 1. The first kappa shape index (κ1) is 18.1. The highest BCUT2D eigenvalue weighted by Crippen LogP contribution is 2.38. The third-order valence-electron chi connectivity index (χ3n) is 4.16. The molecule has 2 aromatic rings. The molecular formula is C18H12F4O4. The first-order chi connectivity index (χ1) is 12.3. The van der Waals surface area contributed by atoms with E-state index in [1.54, 1.807) is 6.92 Å². The molecule has 1 aliphatic rings. The molecule has 0 radical (unpaired) electrons. The monoisotopic (exact) mass is 368 g/mol. The van der Waals surface area contributed by atoms with Crippen molar-refractivity contribution in [2.45, 2.75) is 13.3 Å². The van der Waals surface area contributed by atoms with Crippen LogP contribution in [0, 0.1) is 23.3 Å². The Bertz CT molecular complexity index is 953. The third kappa shape index (κ3) is 2.48. The van der Waals surface area contributed by atoms with E-state index in [1.165, 1.54) is 6.07 Å². The second-order valence-electron chi connectivity index (χ2n) is 5.60. The van der Waals surface area contributed by atoms with Crippen LogP contribution in [0.5, 0.6) is 5.75 Å². The number of halogens is 4. The second kappa shape index (κ2) is 6.53. The SMILES string of the molecule is CCOCCc1ccc(O)c2c1C(=O)c1c(F)c(F)c(F)c(F)c1C2=O. The van der Waals surface area contributed by atoms with Crippen LogP contribution in [0.4, 0.5) is 17.6 Å². The molecule has 3 rings (SSSR count). The number of ether oxygens (including phenoxy) is 1. The third-order valence-corrected chi connectivity index (χ3v) is 4.16. The van der Waals surface area contributed by atoms with Gasteiger partial charge >= 0.3 is 0 Å². The maximum absolute atomic E-state index is 14.1. The molecule has 0 amide bonds. The van der Waals surface area contributed by atoms with Crippen molar-refractivity contribution in [2.75, 3.05) is 13.2 Å². The van der Waals surface area contributed by atoms with Gasteiger partial charge in [-0.15, -0.1) is 0 Å². The molecule has 4 nitrogen and oxygen atoms in total. The fourth-order valence-corrected chi connectivity index (χ4v) is 2.97. The lowest BCUT2D eigenvalue weighted by molar-refractivity contribution is 0.0965. The number of benzene rings is 2. The van der Waals surface area contributed by atoms with Gasteiger partial charge in [-0.25, -0.2) is 17.6 Å². The highest BCUT2D eigenvalue weighted by molar-refractivity contribution is 6.30. The molecule has 0 spiro atoms. The van der Waals surface area contributed by atoms with Gasteiger partial charge in [0.15, 0.2) is 29.1 Å². The standard InChI is InChI=1S/C18H12F4O4/c1-2-26-6-5-7-3-4-8(23)10-9(7)17(24)11-12(18(10)25)14(20)16(22)15(21)13(11)19/h3-4,23H,2,5-6H2,1H3. The number of carbonyl (C=O) groups excluding carboxylic acids is 2. The molecule has 0 atom stereocenters. The van der Waals surface area contributed by atoms with E-state index in [9.17, 15) is 32.3 Å². The molecule has 26 heavy (non-hydrogen) atoms. The van der Waals surface area contributed by atoms with Crippen LogP contribution in [-0.2, 0) is 11.2 Å². The lowest BCUT2D eigenvalue weighted by Gasteiger charge is -2.22. The molecule has 0 fully saturated rings. The average molecular weight is 368 g/mol. The van der Waals surface area contributed by atoms with Crippen molar-refractivity contribution in [1.82, 2.24) is 0 Å². The number of carbonyl (C=O) groups is 2. The first-order valence-electron chi connectivity index (χ1n) is 7.69. The van der Waals surface area contributed by atoms with Crippen LogP contribution in [0.1, 0.15) is 44.3 Å². The molecule has 1 aliphatic carbocycles. The molecule has 0 bridgehead atoms. The van der Waals surface area contributed by atoms with Gasteiger partial charge in [0.25, 0.3) is 0 Å². The smallest absolute Gasteiger partial charge is 0.201 e. The predicted octanol–water partition coefficient (Wildman–Crippen LogP) is 3.30. The van der Waals surface area contributed by atoms with Crippen LogP contribution in [0.25, 0.3) is 0 Å². The van der Waals surface area contributed by atoms with E-state index in [4.69, 9.17) is 4.74 Å². The number of rotatable bonds is 4. The zero-order valence-corrected chi connectivity index (χ0v) is 13.5. The Kier molecular flexibility index (Phi) is 4.53. The molecule has 0 aromatic heterocycles. The molecule has 136 valence electrons. The molecular weight excluding hydrogens is 356 g/mol.